The van der Waals surface area contributed by atoms with Gasteiger partial charge in [0.25, 0.3) is 5.91 Å². The van der Waals surface area contributed by atoms with Gasteiger partial charge in [0.2, 0.25) is 0 Å². The van der Waals surface area contributed by atoms with Crippen LogP contribution in [0.15, 0.2) is 12.4 Å². The van der Waals surface area contributed by atoms with Crippen molar-refractivity contribution in [1.82, 2.24) is 15.1 Å². The van der Waals surface area contributed by atoms with Crippen molar-refractivity contribution in [2.75, 3.05) is 0 Å². The number of aromatic nitrogens is 2. The van der Waals surface area contributed by atoms with Crippen molar-refractivity contribution in [3.63, 3.8) is 0 Å². The summed E-state index contributed by atoms with van der Waals surface area (Å²) in [6, 6.07) is 1.87. The van der Waals surface area contributed by atoms with E-state index in [0.717, 1.165) is 0 Å². The van der Waals surface area contributed by atoms with Crippen LogP contribution >= 0.6 is 0 Å². The molecule has 17 heavy (non-hydrogen) atoms. The summed E-state index contributed by atoms with van der Waals surface area (Å²) in [5, 5.41) is 15.4. The Balaban J connectivity index is 2.71. The highest BCUT2D eigenvalue weighted by molar-refractivity contribution is 5.93. The second kappa shape index (κ2) is 5.00. The average Bonchev–Trinajstić information content (AvgIpc) is 2.65. The van der Waals surface area contributed by atoms with Crippen molar-refractivity contribution in [1.29, 1.82) is 5.26 Å². The van der Waals surface area contributed by atoms with Gasteiger partial charge in [-0.05, 0) is 27.7 Å². The number of carbonyl (C=O) groups is 1. The average molecular weight is 234 g/mol. The summed E-state index contributed by atoms with van der Waals surface area (Å²) in [5.41, 5.74) is 0.376. The van der Waals surface area contributed by atoms with Crippen molar-refractivity contribution in [3.05, 3.63) is 18.0 Å². The molecule has 0 saturated carbocycles. The molecule has 0 aliphatic rings. The van der Waals surface area contributed by atoms with Crippen LogP contribution in [0.25, 0.3) is 0 Å². The van der Waals surface area contributed by atoms with Gasteiger partial charge in [-0.1, -0.05) is 0 Å². The van der Waals surface area contributed by atoms with Crippen molar-refractivity contribution < 1.29 is 4.79 Å². The fourth-order valence-electron chi connectivity index (χ4n) is 1.30. The Bertz CT molecular complexity index is 436. The van der Waals surface area contributed by atoms with Gasteiger partial charge in [-0.25, -0.2) is 0 Å². The van der Waals surface area contributed by atoms with Crippen LogP contribution in [-0.4, -0.2) is 21.7 Å². The minimum Gasteiger partial charge on any atom is -0.348 e. The lowest BCUT2D eigenvalue weighted by molar-refractivity contribution is 0.0940. The van der Waals surface area contributed by atoms with Crippen LogP contribution in [0.5, 0.6) is 0 Å². The van der Waals surface area contributed by atoms with Gasteiger partial charge < -0.3 is 5.32 Å². The van der Waals surface area contributed by atoms with E-state index in [1.807, 2.05) is 26.8 Å². The third kappa shape index (κ3) is 3.59. The maximum atomic E-state index is 11.8. The summed E-state index contributed by atoms with van der Waals surface area (Å²) < 4.78 is 1.75. The molecule has 1 heterocycles. The van der Waals surface area contributed by atoms with Crippen molar-refractivity contribution >= 4 is 5.91 Å². The number of hydrogen-bond acceptors (Lipinski definition) is 3. The Labute approximate surface area is 101 Å². The molecule has 1 atom stereocenters. The Hall–Kier alpha value is -1.83. The minimum absolute atomic E-state index is 0.142. The van der Waals surface area contributed by atoms with E-state index in [2.05, 4.69) is 10.4 Å². The topological polar surface area (TPSA) is 70.7 Å². The summed E-state index contributed by atoms with van der Waals surface area (Å²) in [4.78, 5) is 11.8. The Morgan fingerprint density at radius 2 is 2.29 bits per heavy atom. The zero-order valence-corrected chi connectivity index (χ0v) is 10.7. The van der Waals surface area contributed by atoms with Crippen molar-refractivity contribution in [2.45, 2.75) is 45.7 Å². The SMILES string of the molecule is C[C@@H](CC#N)NC(=O)c1cnn(C(C)(C)C)c1. The highest BCUT2D eigenvalue weighted by Gasteiger charge is 2.17. The fraction of sp³-hybridized carbons (Fsp3) is 0.583. The molecule has 1 N–H and O–H groups in total. The molecule has 1 amide bonds. The molecular weight excluding hydrogens is 216 g/mol. The Morgan fingerprint density at radius 1 is 1.65 bits per heavy atom. The third-order valence-corrected chi connectivity index (χ3v) is 2.31. The van der Waals surface area contributed by atoms with Crippen LogP contribution < -0.4 is 5.32 Å². The third-order valence-electron chi connectivity index (χ3n) is 2.31. The van der Waals surface area contributed by atoms with Gasteiger partial charge >= 0.3 is 0 Å². The van der Waals surface area contributed by atoms with Gasteiger partial charge in [0.05, 0.1) is 29.8 Å². The monoisotopic (exact) mass is 234 g/mol. The first-order valence-corrected chi connectivity index (χ1v) is 5.57. The number of amides is 1. The van der Waals surface area contributed by atoms with Crippen molar-refractivity contribution in [3.8, 4) is 6.07 Å². The summed E-state index contributed by atoms with van der Waals surface area (Å²) >= 11 is 0. The number of nitrogens with zero attached hydrogens (tertiary/aromatic N) is 3. The molecule has 0 aromatic carbocycles. The second-order valence-corrected chi connectivity index (χ2v) is 5.08. The number of hydrogen-bond donors (Lipinski definition) is 1. The first kappa shape index (κ1) is 13.2. The number of nitriles is 1. The van der Waals surface area contributed by atoms with E-state index in [0.29, 0.717) is 12.0 Å². The molecule has 1 aromatic heterocycles. The molecule has 5 nitrogen and oxygen atoms in total. The molecular formula is C12H18N4O. The zero-order chi connectivity index (χ0) is 13.1. The molecule has 0 aliphatic heterocycles. The molecule has 5 heteroatoms. The van der Waals surface area contributed by atoms with Crippen LogP contribution in [-0.2, 0) is 5.54 Å². The highest BCUT2D eigenvalue weighted by Crippen LogP contribution is 2.13. The van der Waals surface area contributed by atoms with Crippen LogP contribution in [0.2, 0.25) is 0 Å². The molecule has 92 valence electrons. The predicted molar refractivity (Wildman–Crippen MR) is 64.4 cm³/mol. The molecule has 0 saturated heterocycles. The van der Waals surface area contributed by atoms with E-state index in [9.17, 15) is 4.79 Å². The summed E-state index contributed by atoms with van der Waals surface area (Å²) in [6.07, 6.45) is 3.56. The highest BCUT2D eigenvalue weighted by atomic mass is 16.1. The van der Waals surface area contributed by atoms with E-state index >= 15 is 0 Å². The van der Waals surface area contributed by atoms with E-state index < -0.39 is 0 Å². The molecule has 0 aliphatic carbocycles. The molecule has 0 fully saturated rings. The van der Waals surface area contributed by atoms with Crippen LogP contribution in [0, 0.1) is 11.3 Å². The largest absolute Gasteiger partial charge is 0.348 e. The summed E-state index contributed by atoms with van der Waals surface area (Å²) in [5.74, 6) is -0.191. The fourth-order valence-corrected chi connectivity index (χ4v) is 1.30. The van der Waals surface area contributed by atoms with E-state index in [-0.39, 0.29) is 17.5 Å². The Kier molecular flexibility index (Phi) is 3.89. The first-order chi connectivity index (χ1) is 7.84. The summed E-state index contributed by atoms with van der Waals surface area (Å²) in [6.45, 7) is 7.84. The predicted octanol–water partition coefficient (Wildman–Crippen LogP) is 1.67. The van der Waals surface area contributed by atoms with Gasteiger partial charge in [0, 0.05) is 12.2 Å². The molecule has 0 bridgehead atoms. The second-order valence-electron chi connectivity index (χ2n) is 5.08. The van der Waals surface area contributed by atoms with Crippen LogP contribution in [0.1, 0.15) is 44.5 Å². The maximum Gasteiger partial charge on any atom is 0.254 e. The van der Waals surface area contributed by atoms with Gasteiger partial charge in [0.1, 0.15) is 0 Å². The molecule has 0 spiro atoms. The smallest absolute Gasteiger partial charge is 0.254 e. The molecule has 0 unspecified atom stereocenters. The van der Waals surface area contributed by atoms with Gasteiger partial charge in [-0.3, -0.25) is 9.48 Å². The first-order valence-electron chi connectivity index (χ1n) is 5.57. The van der Waals surface area contributed by atoms with Gasteiger partial charge in [-0.2, -0.15) is 10.4 Å². The lowest BCUT2D eigenvalue weighted by atomic mass is 10.1. The van der Waals surface area contributed by atoms with E-state index in [1.54, 1.807) is 24.0 Å². The molecule has 1 rings (SSSR count). The Morgan fingerprint density at radius 3 is 2.76 bits per heavy atom. The molecule has 0 radical (unpaired) electrons. The number of carbonyl (C=O) groups excluding carboxylic acids is 1. The van der Waals surface area contributed by atoms with Crippen LogP contribution in [0.3, 0.4) is 0 Å². The summed E-state index contributed by atoms with van der Waals surface area (Å²) in [7, 11) is 0. The minimum atomic E-state index is -0.191. The quantitative estimate of drug-likeness (QED) is 0.864. The lowest BCUT2D eigenvalue weighted by Gasteiger charge is -2.18. The number of nitrogens with one attached hydrogen (secondary N) is 1. The lowest BCUT2D eigenvalue weighted by Crippen LogP contribution is -2.32. The normalized spacial score (nSPS) is 12.9. The van der Waals surface area contributed by atoms with Gasteiger partial charge in [-0.15, -0.1) is 0 Å². The van der Waals surface area contributed by atoms with E-state index in [4.69, 9.17) is 5.26 Å². The van der Waals surface area contributed by atoms with Crippen molar-refractivity contribution in [2.24, 2.45) is 0 Å². The van der Waals surface area contributed by atoms with E-state index in [1.165, 1.54) is 0 Å². The van der Waals surface area contributed by atoms with Gasteiger partial charge in [0.15, 0.2) is 0 Å². The zero-order valence-electron chi connectivity index (χ0n) is 10.7. The maximum absolute atomic E-state index is 11.8. The van der Waals surface area contributed by atoms with Crippen LogP contribution in [0.4, 0.5) is 0 Å². The molecule has 1 aromatic rings. The number of rotatable bonds is 3. The standard InChI is InChI=1S/C12H18N4O/c1-9(5-6-13)15-11(17)10-7-14-16(8-10)12(2,3)4/h7-9H,5H2,1-4H3,(H,15,17)/t9-/m0/s1.